The molecule has 242 valence electrons. The van der Waals surface area contributed by atoms with Crippen LogP contribution in [0.25, 0.3) is 0 Å². The van der Waals surface area contributed by atoms with Crippen molar-refractivity contribution >= 4 is 29.8 Å². The Morgan fingerprint density at radius 2 is 1.63 bits per heavy atom. The van der Waals surface area contributed by atoms with Crippen molar-refractivity contribution < 1.29 is 33.4 Å². The molecule has 0 heterocycles. The molecule has 4 amide bonds. The number of carbonyl (C=O) groups excluding carboxylic acids is 5. The van der Waals surface area contributed by atoms with Crippen LogP contribution >= 0.6 is 0 Å². The molecule has 0 aliphatic carbocycles. The number of aryl methyl sites for hydroxylation is 1. The average Bonchev–Trinajstić information content (AvgIpc) is 2.88. The third-order valence-corrected chi connectivity index (χ3v) is 6.96. The van der Waals surface area contributed by atoms with Gasteiger partial charge in [-0.2, -0.15) is 0 Å². The van der Waals surface area contributed by atoms with Gasteiger partial charge in [-0.25, -0.2) is 4.79 Å². The minimum Gasteiger partial charge on any atom is -0.466 e. The van der Waals surface area contributed by atoms with Gasteiger partial charge in [-0.3, -0.25) is 19.2 Å². The van der Waals surface area contributed by atoms with Gasteiger partial charge in [0, 0.05) is 19.0 Å². The van der Waals surface area contributed by atoms with Crippen LogP contribution in [0.15, 0.2) is 18.2 Å². The summed E-state index contributed by atoms with van der Waals surface area (Å²) >= 11 is 0. The fourth-order valence-corrected chi connectivity index (χ4v) is 4.59. The van der Waals surface area contributed by atoms with Crippen LogP contribution in [-0.2, 0) is 28.7 Å². The van der Waals surface area contributed by atoms with Crippen molar-refractivity contribution in [3.8, 4) is 0 Å². The first-order chi connectivity index (χ1) is 20.0. The van der Waals surface area contributed by atoms with Gasteiger partial charge in [-0.1, -0.05) is 32.0 Å². The van der Waals surface area contributed by atoms with Crippen LogP contribution in [0.4, 0.5) is 4.79 Å². The summed E-state index contributed by atoms with van der Waals surface area (Å²) in [6.07, 6.45) is 0.255. The molecule has 0 aromatic heterocycles. The summed E-state index contributed by atoms with van der Waals surface area (Å²) < 4.78 is 10.4. The van der Waals surface area contributed by atoms with E-state index in [1.807, 2.05) is 32.9 Å². The van der Waals surface area contributed by atoms with Crippen LogP contribution in [0.3, 0.4) is 0 Å². The lowest BCUT2D eigenvalue weighted by Crippen LogP contribution is -2.56. The van der Waals surface area contributed by atoms with Gasteiger partial charge in [-0.05, 0) is 90.3 Å². The Morgan fingerprint density at radius 3 is 2.19 bits per heavy atom. The number of rotatable bonds is 16. The smallest absolute Gasteiger partial charge is 0.408 e. The molecule has 0 aliphatic rings. The first-order valence-corrected chi connectivity index (χ1v) is 15.1. The van der Waals surface area contributed by atoms with E-state index in [2.05, 4.69) is 24.5 Å². The van der Waals surface area contributed by atoms with Gasteiger partial charge in [0.1, 0.15) is 17.7 Å². The lowest BCUT2D eigenvalue weighted by molar-refractivity contribution is -0.146. The monoisotopic (exact) mass is 604 g/mol. The normalized spacial score (nSPS) is 13.4. The topological polar surface area (TPSA) is 157 Å². The van der Waals surface area contributed by atoms with Crippen LogP contribution in [0, 0.1) is 19.8 Å². The summed E-state index contributed by atoms with van der Waals surface area (Å²) in [6, 6.07) is 2.82. The number of nitrogens with two attached hydrogens (primary N) is 1. The largest absolute Gasteiger partial charge is 0.466 e. The summed E-state index contributed by atoms with van der Waals surface area (Å²) in [5, 5.41) is 5.43. The van der Waals surface area contributed by atoms with Gasteiger partial charge in [0.05, 0.1) is 13.0 Å². The Morgan fingerprint density at radius 1 is 0.977 bits per heavy atom. The molecule has 11 heteroatoms. The molecule has 0 bridgehead atoms. The molecule has 1 aromatic rings. The number of nitrogens with one attached hydrogen (secondary N) is 2. The number of hydrogen-bond acceptors (Lipinski definition) is 7. The van der Waals surface area contributed by atoms with E-state index in [1.165, 1.54) is 4.90 Å². The molecule has 3 atom stereocenters. The van der Waals surface area contributed by atoms with Gasteiger partial charge >= 0.3 is 12.1 Å². The first kappa shape index (κ1) is 37.4. The molecule has 0 aliphatic heterocycles. The Kier molecular flexibility index (Phi) is 15.2. The molecule has 1 aromatic carbocycles. The summed E-state index contributed by atoms with van der Waals surface area (Å²) in [5.41, 5.74) is 6.97. The Balaban J connectivity index is 3.68. The van der Waals surface area contributed by atoms with Crippen LogP contribution in [0.2, 0.25) is 0 Å². The second-order valence-corrected chi connectivity index (χ2v) is 12.3. The minimum atomic E-state index is -1.19. The third-order valence-electron chi connectivity index (χ3n) is 6.96. The lowest BCUT2D eigenvalue weighted by Gasteiger charge is -2.39. The number of benzene rings is 1. The van der Waals surface area contributed by atoms with Crippen molar-refractivity contribution in [3.05, 3.63) is 34.9 Å². The molecule has 3 unspecified atom stereocenters. The lowest BCUT2D eigenvalue weighted by atomic mass is 9.92. The van der Waals surface area contributed by atoms with Gasteiger partial charge < -0.3 is 30.7 Å². The van der Waals surface area contributed by atoms with E-state index in [-0.39, 0.29) is 32.4 Å². The van der Waals surface area contributed by atoms with Crippen molar-refractivity contribution in [2.75, 3.05) is 13.2 Å². The van der Waals surface area contributed by atoms with Crippen LogP contribution < -0.4 is 16.4 Å². The maximum atomic E-state index is 14.5. The fraction of sp³-hybridized carbons (Fsp3) is 0.656. The van der Waals surface area contributed by atoms with Crippen molar-refractivity contribution in [2.45, 2.75) is 118 Å². The van der Waals surface area contributed by atoms with Crippen LogP contribution in [0.5, 0.6) is 0 Å². The number of nitrogens with zero attached hydrogens (tertiary/aromatic N) is 1. The molecule has 0 saturated carbocycles. The summed E-state index contributed by atoms with van der Waals surface area (Å²) in [4.78, 5) is 66.5. The fourth-order valence-electron chi connectivity index (χ4n) is 4.59. The van der Waals surface area contributed by atoms with Gasteiger partial charge in [-0.15, -0.1) is 0 Å². The van der Waals surface area contributed by atoms with Crippen molar-refractivity contribution in [1.29, 1.82) is 0 Å². The van der Waals surface area contributed by atoms with Gasteiger partial charge in [0.2, 0.25) is 17.7 Å². The molecular formula is C32H52N4O7. The van der Waals surface area contributed by atoms with E-state index in [0.29, 0.717) is 17.9 Å². The SMILES string of the molecule is CCOC(=O)CCNC(=O)C(c1cccc(C)c1C)N(C(=O)C(CCC(N)=O)NC(=O)OC(C)(C)C)C(C)CCC(C)C. The number of ether oxygens (including phenoxy) is 2. The summed E-state index contributed by atoms with van der Waals surface area (Å²) in [6.45, 7) is 16.9. The number of alkyl carbamates (subject to hydrolysis) is 1. The first-order valence-electron chi connectivity index (χ1n) is 15.1. The Bertz CT molecular complexity index is 1110. The van der Waals surface area contributed by atoms with Crippen molar-refractivity contribution in [3.63, 3.8) is 0 Å². The van der Waals surface area contributed by atoms with E-state index in [9.17, 15) is 24.0 Å². The van der Waals surface area contributed by atoms with Crippen LogP contribution in [-0.4, -0.2) is 65.5 Å². The molecule has 11 nitrogen and oxygen atoms in total. The average molecular weight is 605 g/mol. The van der Waals surface area contributed by atoms with Crippen molar-refractivity contribution in [1.82, 2.24) is 15.5 Å². The van der Waals surface area contributed by atoms with Gasteiger partial charge in [0.25, 0.3) is 0 Å². The second-order valence-electron chi connectivity index (χ2n) is 12.3. The molecule has 0 radical (unpaired) electrons. The minimum absolute atomic E-state index is 0.0166. The molecule has 4 N–H and O–H groups in total. The number of primary amides is 1. The highest BCUT2D eigenvalue weighted by Crippen LogP contribution is 2.31. The highest BCUT2D eigenvalue weighted by Gasteiger charge is 2.39. The highest BCUT2D eigenvalue weighted by atomic mass is 16.6. The van der Waals surface area contributed by atoms with E-state index >= 15 is 0 Å². The second kappa shape index (κ2) is 17.5. The standard InChI is InChI=1S/C32H52N4O7/c1-10-42-27(38)18-19-34-29(39)28(24-13-11-12-21(4)23(24)6)36(22(5)15-14-20(2)3)30(40)25(16-17-26(33)37)35-31(41)43-32(7,8)9/h11-13,20,22,25,28H,10,14-19H2,1-9H3,(H2,33,37)(H,34,39)(H,35,41). The van der Waals surface area contributed by atoms with Crippen molar-refractivity contribution in [2.24, 2.45) is 11.7 Å². The predicted octanol–water partition coefficient (Wildman–Crippen LogP) is 4.23. The van der Waals surface area contributed by atoms with Gasteiger partial charge in [0.15, 0.2) is 0 Å². The summed E-state index contributed by atoms with van der Waals surface area (Å²) in [7, 11) is 0. The quantitative estimate of drug-likeness (QED) is 0.238. The number of carbonyl (C=O) groups is 5. The molecule has 0 saturated heterocycles. The maximum Gasteiger partial charge on any atom is 0.408 e. The molecule has 43 heavy (non-hydrogen) atoms. The zero-order valence-corrected chi connectivity index (χ0v) is 27.4. The third kappa shape index (κ3) is 13.0. The maximum absolute atomic E-state index is 14.5. The summed E-state index contributed by atoms with van der Waals surface area (Å²) in [5.74, 6) is -1.77. The number of amides is 4. The van der Waals surface area contributed by atoms with E-state index in [0.717, 1.165) is 17.5 Å². The molecule has 1 rings (SSSR count). The zero-order valence-electron chi connectivity index (χ0n) is 27.4. The molecule has 0 spiro atoms. The Labute approximate surface area is 256 Å². The Hall–Kier alpha value is -3.63. The number of esters is 1. The molecular weight excluding hydrogens is 552 g/mol. The zero-order chi connectivity index (χ0) is 32.9. The highest BCUT2D eigenvalue weighted by molar-refractivity contribution is 5.93. The predicted molar refractivity (Wildman–Crippen MR) is 165 cm³/mol. The van der Waals surface area contributed by atoms with E-state index in [4.69, 9.17) is 15.2 Å². The van der Waals surface area contributed by atoms with Crippen LogP contribution in [0.1, 0.15) is 103 Å². The number of hydrogen-bond donors (Lipinski definition) is 3. The van der Waals surface area contributed by atoms with E-state index in [1.54, 1.807) is 33.8 Å². The van der Waals surface area contributed by atoms with E-state index < -0.39 is 53.5 Å². The molecule has 0 fully saturated rings.